The SMILES string of the molecule is COc1cc(N2C(=S)N(c3cnc(CN)c(C)c3)C(=O)C23CCC3)ccc1-c1ccc(C)o1. The zero-order valence-electron chi connectivity index (χ0n) is 18.9. The van der Waals surface area contributed by atoms with Gasteiger partial charge in [0.15, 0.2) is 5.11 Å². The van der Waals surface area contributed by atoms with Gasteiger partial charge >= 0.3 is 0 Å². The second kappa shape index (κ2) is 7.97. The van der Waals surface area contributed by atoms with Gasteiger partial charge in [0.2, 0.25) is 0 Å². The molecule has 1 aliphatic carbocycles. The maximum Gasteiger partial charge on any atom is 0.259 e. The molecule has 7 nitrogen and oxygen atoms in total. The van der Waals surface area contributed by atoms with Gasteiger partial charge in [0, 0.05) is 18.3 Å². The minimum absolute atomic E-state index is 0.00912. The highest BCUT2D eigenvalue weighted by molar-refractivity contribution is 7.81. The molecule has 3 heterocycles. The second-order valence-corrected chi connectivity index (χ2v) is 8.96. The fraction of sp³-hybridized carbons (Fsp3) is 0.320. The predicted molar refractivity (Wildman–Crippen MR) is 131 cm³/mol. The van der Waals surface area contributed by atoms with Gasteiger partial charge < -0.3 is 19.8 Å². The molecule has 170 valence electrons. The number of aryl methyl sites for hydroxylation is 2. The van der Waals surface area contributed by atoms with Crippen molar-refractivity contribution >= 4 is 34.6 Å². The number of nitrogens with zero attached hydrogens (tertiary/aromatic N) is 3. The third-order valence-corrected chi connectivity index (χ3v) is 7.03. The standard InChI is InChI=1S/C25H26N4O3S/c1-15-11-18(14-27-20(15)13-26)28-23(30)25(9-4-10-25)29(24(28)33)17-6-7-19(22(12-17)31-3)21-8-5-16(2)32-21/h5-8,11-12,14H,4,9-10,13,26H2,1-3H3. The number of carbonyl (C=O) groups is 1. The minimum atomic E-state index is -0.675. The molecule has 3 aromatic rings. The van der Waals surface area contributed by atoms with Crippen LogP contribution in [-0.4, -0.2) is 28.7 Å². The van der Waals surface area contributed by atoms with Gasteiger partial charge in [-0.25, -0.2) is 0 Å². The molecule has 2 aliphatic rings. The number of amides is 1. The van der Waals surface area contributed by atoms with E-state index in [4.69, 9.17) is 27.1 Å². The number of hydrogen-bond donors (Lipinski definition) is 1. The Labute approximate surface area is 198 Å². The van der Waals surface area contributed by atoms with Crippen molar-refractivity contribution in [3.8, 4) is 17.1 Å². The summed E-state index contributed by atoms with van der Waals surface area (Å²) in [7, 11) is 1.63. The van der Waals surface area contributed by atoms with Crippen LogP contribution in [0.15, 0.2) is 47.0 Å². The van der Waals surface area contributed by atoms with Gasteiger partial charge in [0.1, 0.15) is 22.8 Å². The molecule has 2 fully saturated rings. The van der Waals surface area contributed by atoms with Crippen LogP contribution in [0.3, 0.4) is 0 Å². The van der Waals surface area contributed by atoms with Crippen LogP contribution in [-0.2, 0) is 11.3 Å². The van der Waals surface area contributed by atoms with E-state index in [1.807, 2.05) is 55.1 Å². The summed E-state index contributed by atoms with van der Waals surface area (Å²) in [5.41, 5.74) is 9.18. The van der Waals surface area contributed by atoms with Gasteiger partial charge in [-0.1, -0.05) is 0 Å². The Hall–Kier alpha value is -3.23. The highest BCUT2D eigenvalue weighted by Crippen LogP contribution is 2.49. The van der Waals surface area contributed by atoms with Crippen LogP contribution in [0.25, 0.3) is 11.3 Å². The third kappa shape index (κ3) is 3.24. The number of anilines is 2. The van der Waals surface area contributed by atoms with Gasteiger partial charge in [0.25, 0.3) is 5.91 Å². The third-order valence-electron chi connectivity index (χ3n) is 6.67. The molecule has 0 unspecified atom stereocenters. The van der Waals surface area contributed by atoms with E-state index >= 15 is 0 Å². The Morgan fingerprint density at radius 3 is 2.55 bits per heavy atom. The Bertz CT molecular complexity index is 1260. The number of rotatable bonds is 5. The number of thiocarbonyl (C=S) groups is 1. The molecule has 1 saturated heterocycles. The van der Waals surface area contributed by atoms with Crippen LogP contribution >= 0.6 is 12.2 Å². The maximum atomic E-state index is 13.7. The quantitative estimate of drug-likeness (QED) is 0.559. The van der Waals surface area contributed by atoms with Crippen molar-refractivity contribution in [3.63, 3.8) is 0 Å². The summed E-state index contributed by atoms with van der Waals surface area (Å²) in [5, 5.41) is 0.449. The molecule has 0 atom stereocenters. The van der Waals surface area contributed by atoms with Gasteiger partial charge in [-0.15, -0.1) is 0 Å². The molecule has 0 radical (unpaired) electrons. The van der Waals surface area contributed by atoms with E-state index in [0.717, 1.165) is 53.3 Å². The number of pyridine rings is 1. The van der Waals surface area contributed by atoms with Gasteiger partial charge in [-0.05, 0) is 81.2 Å². The molecule has 1 aromatic carbocycles. The van der Waals surface area contributed by atoms with E-state index in [0.29, 0.717) is 23.1 Å². The fourth-order valence-corrected chi connectivity index (χ4v) is 5.20. The van der Waals surface area contributed by atoms with E-state index in [9.17, 15) is 4.79 Å². The highest BCUT2D eigenvalue weighted by Gasteiger charge is 2.59. The Morgan fingerprint density at radius 1 is 1.18 bits per heavy atom. The van der Waals surface area contributed by atoms with Crippen molar-refractivity contribution in [2.45, 2.75) is 45.2 Å². The summed E-state index contributed by atoms with van der Waals surface area (Å²) >= 11 is 5.89. The number of furan rings is 1. The Kier molecular flexibility index (Phi) is 5.22. The topological polar surface area (TPSA) is 84.8 Å². The molecule has 33 heavy (non-hydrogen) atoms. The second-order valence-electron chi connectivity index (χ2n) is 8.60. The van der Waals surface area contributed by atoms with E-state index in [1.165, 1.54) is 0 Å². The number of methoxy groups -OCH3 is 1. The van der Waals surface area contributed by atoms with Crippen LogP contribution < -0.4 is 20.3 Å². The lowest BCUT2D eigenvalue weighted by Crippen LogP contribution is -2.55. The van der Waals surface area contributed by atoms with Gasteiger partial charge in [-0.3, -0.25) is 14.7 Å². The first-order valence-electron chi connectivity index (χ1n) is 11.0. The molecular formula is C25H26N4O3S. The monoisotopic (exact) mass is 462 g/mol. The molecule has 1 amide bonds. The van der Waals surface area contributed by atoms with Crippen molar-refractivity contribution in [2.75, 3.05) is 16.9 Å². The summed E-state index contributed by atoms with van der Waals surface area (Å²) < 4.78 is 11.5. The summed E-state index contributed by atoms with van der Waals surface area (Å²) in [6.07, 6.45) is 4.15. The molecular weight excluding hydrogens is 436 g/mol. The van der Waals surface area contributed by atoms with E-state index in [-0.39, 0.29) is 5.91 Å². The molecule has 1 spiro atoms. The van der Waals surface area contributed by atoms with Crippen LogP contribution in [0, 0.1) is 13.8 Å². The average molecular weight is 463 g/mol. The van der Waals surface area contributed by atoms with Crippen LogP contribution in [0.4, 0.5) is 11.4 Å². The Morgan fingerprint density at radius 2 is 1.97 bits per heavy atom. The smallest absolute Gasteiger partial charge is 0.259 e. The number of carbonyl (C=O) groups excluding carboxylic acids is 1. The Balaban J connectivity index is 1.57. The number of nitrogens with two attached hydrogens (primary N) is 1. The molecule has 5 rings (SSSR count). The van der Waals surface area contributed by atoms with Crippen LogP contribution in [0.1, 0.15) is 36.3 Å². The number of ether oxygens (including phenoxy) is 1. The first-order chi connectivity index (χ1) is 15.9. The normalized spacial score (nSPS) is 17.1. The lowest BCUT2D eigenvalue weighted by atomic mass is 9.75. The number of hydrogen-bond acceptors (Lipinski definition) is 6. The summed E-state index contributed by atoms with van der Waals surface area (Å²) in [5.74, 6) is 2.22. The summed E-state index contributed by atoms with van der Waals surface area (Å²) in [4.78, 5) is 21.8. The van der Waals surface area contributed by atoms with Gasteiger partial charge in [-0.2, -0.15) is 0 Å². The fourth-order valence-electron chi connectivity index (χ4n) is 4.73. The van der Waals surface area contributed by atoms with Crippen molar-refractivity contribution in [2.24, 2.45) is 5.73 Å². The first-order valence-corrected chi connectivity index (χ1v) is 11.4. The van der Waals surface area contributed by atoms with Crippen molar-refractivity contribution in [1.82, 2.24) is 4.98 Å². The summed E-state index contributed by atoms with van der Waals surface area (Å²) in [6, 6.07) is 11.6. The van der Waals surface area contributed by atoms with Crippen molar-refractivity contribution in [1.29, 1.82) is 0 Å². The predicted octanol–water partition coefficient (Wildman–Crippen LogP) is 4.49. The number of benzene rings is 1. The largest absolute Gasteiger partial charge is 0.496 e. The maximum absolute atomic E-state index is 13.7. The first kappa shape index (κ1) is 21.6. The molecule has 8 heteroatoms. The summed E-state index contributed by atoms with van der Waals surface area (Å²) in [6.45, 7) is 4.20. The minimum Gasteiger partial charge on any atom is -0.496 e. The molecule has 2 aromatic heterocycles. The van der Waals surface area contributed by atoms with E-state index < -0.39 is 5.54 Å². The number of aromatic nitrogens is 1. The lowest BCUT2D eigenvalue weighted by Gasteiger charge is -2.43. The van der Waals surface area contributed by atoms with Crippen LogP contribution in [0.5, 0.6) is 5.75 Å². The van der Waals surface area contributed by atoms with Gasteiger partial charge in [0.05, 0.1) is 30.3 Å². The van der Waals surface area contributed by atoms with E-state index in [2.05, 4.69) is 4.98 Å². The molecule has 1 saturated carbocycles. The van der Waals surface area contributed by atoms with Crippen molar-refractivity contribution < 1.29 is 13.9 Å². The molecule has 0 bridgehead atoms. The molecule has 1 aliphatic heterocycles. The average Bonchev–Trinajstić information content (AvgIpc) is 3.31. The van der Waals surface area contributed by atoms with Crippen LogP contribution in [0.2, 0.25) is 0 Å². The zero-order valence-corrected chi connectivity index (χ0v) is 19.7. The molecule has 2 N–H and O–H groups in total. The van der Waals surface area contributed by atoms with Crippen molar-refractivity contribution in [3.05, 3.63) is 59.6 Å². The zero-order chi connectivity index (χ0) is 23.3. The lowest BCUT2D eigenvalue weighted by molar-refractivity contribution is -0.123. The highest BCUT2D eigenvalue weighted by atomic mass is 32.1. The van der Waals surface area contributed by atoms with E-state index in [1.54, 1.807) is 18.2 Å².